The number of hydrogen-bond donors (Lipinski definition) is 2. The van der Waals surface area contributed by atoms with E-state index in [0.717, 1.165) is 4.90 Å². The Kier molecular flexibility index (Phi) is 4.73. The van der Waals surface area contributed by atoms with Gasteiger partial charge >= 0.3 is 0 Å². The number of nitrogens with one attached hydrogen (secondary N) is 1. The maximum Gasteiger partial charge on any atom is 0.262 e. The highest BCUT2D eigenvalue weighted by atomic mass is 32.1. The average molecular weight is 306 g/mol. The van der Waals surface area contributed by atoms with Crippen molar-refractivity contribution < 1.29 is 19.5 Å². The smallest absolute Gasteiger partial charge is 0.262 e. The second-order valence-corrected chi connectivity index (χ2v) is 5.54. The zero-order chi connectivity index (χ0) is 15.4. The zero-order valence-corrected chi connectivity index (χ0v) is 12.2. The molecule has 1 aliphatic rings. The first-order valence-electron chi connectivity index (χ1n) is 6.33. The van der Waals surface area contributed by atoms with Crippen molar-refractivity contribution >= 4 is 29.1 Å². The largest absolute Gasteiger partial charge is 0.395 e. The number of hydrogen-bond acceptors (Lipinski definition) is 5. The summed E-state index contributed by atoms with van der Waals surface area (Å²) in [5, 5.41) is 11.2. The molecule has 3 amide bonds. The van der Waals surface area contributed by atoms with E-state index in [9.17, 15) is 14.4 Å². The van der Waals surface area contributed by atoms with Gasteiger partial charge in [0.25, 0.3) is 11.8 Å². The summed E-state index contributed by atoms with van der Waals surface area (Å²) in [5.41, 5.74) is 0. The number of aliphatic hydroxyl groups excluding tert-OH is 1. The van der Waals surface area contributed by atoms with Crippen molar-refractivity contribution in [1.82, 2.24) is 10.2 Å². The Bertz CT molecular complexity index is 641. The number of aliphatic hydroxyl groups is 1. The van der Waals surface area contributed by atoms with Gasteiger partial charge in [0.1, 0.15) is 6.04 Å². The zero-order valence-electron chi connectivity index (χ0n) is 11.4. The van der Waals surface area contributed by atoms with Gasteiger partial charge in [-0.2, -0.15) is 0 Å². The molecule has 0 radical (unpaired) electrons. The van der Waals surface area contributed by atoms with Crippen LogP contribution in [0.25, 0.3) is 0 Å². The predicted molar refractivity (Wildman–Crippen MR) is 76.5 cm³/mol. The number of likely N-dealkylation sites (tertiary alicyclic amines) is 1. The first kappa shape index (κ1) is 15.2. The van der Waals surface area contributed by atoms with Gasteiger partial charge in [-0.25, -0.2) is 0 Å². The molecule has 0 aromatic carbocycles. The lowest BCUT2D eigenvalue weighted by molar-refractivity contribution is -0.137. The molecule has 1 atom stereocenters. The molecule has 2 N–H and O–H groups in total. The molecule has 2 heterocycles. The SMILES string of the molecule is CN1C(=O)CC(NC(=O)c2ccc(C#CCCO)s2)C1=O. The minimum atomic E-state index is -0.791. The summed E-state index contributed by atoms with van der Waals surface area (Å²) in [4.78, 5) is 37.3. The van der Waals surface area contributed by atoms with Crippen LogP contribution in [0.1, 0.15) is 27.4 Å². The summed E-state index contributed by atoms with van der Waals surface area (Å²) in [6, 6.07) is 2.53. The quantitative estimate of drug-likeness (QED) is 0.606. The van der Waals surface area contributed by atoms with E-state index < -0.39 is 17.9 Å². The first-order chi connectivity index (χ1) is 10.0. The Morgan fingerprint density at radius 3 is 2.90 bits per heavy atom. The van der Waals surface area contributed by atoms with Gasteiger partial charge in [-0.1, -0.05) is 11.8 Å². The molecule has 1 aromatic heterocycles. The van der Waals surface area contributed by atoms with Gasteiger partial charge in [-0.15, -0.1) is 11.3 Å². The van der Waals surface area contributed by atoms with Gasteiger partial charge in [-0.3, -0.25) is 19.3 Å². The number of thiophene rings is 1. The number of carbonyl (C=O) groups excluding carboxylic acids is 3. The maximum absolute atomic E-state index is 12.0. The molecule has 0 spiro atoms. The third kappa shape index (κ3) is 3.48. The summed E-state index contributed by atoms with van der Waals surface area (Å²) < 4.78 is 0. The summed E-state index contributed by atoms with van der Waals surface area (Å²) in [6.45, 7) is -0.00292. The molecule has 1 saturated heterocycles. The fraction of sp³-hybridized carbons (Fsp3) is 0.357. The molecule has 1 unspecified atom stereocenters. The van der Waals surface area contributed by atoms with Crippen LogP contribution in [0.3, 0.4) is 0 Å². The summed E-state index contributed by atoms with van der Waals surface area (Å²) in [5.74, 6) is 4.52. The van der Waals surface area contributed by atoms with Crippen LogP contribution >= 0.6 is 11.3 Å². The summed E-state index contributed by atoms with van der Waals surface area (Å²) >= 11 is 1.20. The fourth-order valence-corrected chi connectivity index (χ4v) is 2.61. The van der Waals surface area contributed by atoms with Crippen molar-refractivity contribution in [2.24, 2.45) is 0 Å². The van der Waals surface area contributed by atoms with E-state index in [2.05, 4.69) is 17.2 Å². The highest BCUT2D eigenvalue weighted by molar-refractivity contribution is 7.14. The van der Waals surface area contributed by atoms with Crippen molar-refractivity contribution in [3.63, 3.8) is 0 Å². The second-order valence-electron chi connectivity index (χ2n) is 4.46. The third-order valence-corrected chi connectivity index (χ3v) is 3.96. The van der Waals surface area contributed by atoms with Crippen LogP contribution in [-0.4, -0.2) is 47.4 Å². The molecule has 110 valence electrons. The van der Waals surface area contributed by atoms with Crippen molar-refractivity contribution in [3.05, 3.63) is 21.9 Å². The van der Waals surface area contributed by atoms with E-state index in [4.69, 9.17) is 5.11 Å². The standard InChI is InChI=1S/C14H14N2O4S/c1-16-12(18)8-10(14(16)20)15-13(19)11-6-5-9(21-11)4-2-3-7-17/h5-6,10,17H,3,7-8H2,1H3,(H,15,19). The van der Waals surface area contributed by atoms with Crippen molar-refractivity contribution in [1.29, 1.82) is 0 Å². The topological polar surface area (TPSA) is 86.7 Å². The molecule has 6 nitrogen and oxygen atoms in total. The normalized spacial score (nSPS) is 17.6. The monoisotopic (exact) mass is 306 g/mol. The van der Waals surface area contributed by atoms with Crippen LogP contribution in [0.2, 0.25) is 0 Å². The molecule has 0 aliphatic carbocycles. The van der Waals surface area contributed by atoms with Gasteiger partial charge in [0, 0.05) is 13.5 Å². The van der Waals surface area contributed by atoms with Crippen LogP contribution in [-0.2, 0) is 9.59 Å². The first-order valence-corrected chi connectivity index (χ1v) is 7.15. The molecule has 1 aliphatic heterocycles. The Morgan fingerprint density at radius 2 is 2.29 bits per heavy atom. The van der Waals surface area contributed by atoms with Crippen LogP contribution in [0.15, 0.2) is 12.1 Å². The van der Waals surface area contributed by atoms with Gasteiger partial charge in [0.15, 0.2) is 0 Å². The number of likely N-dealkylation sites (N-methyl/N-ethyl adjacent to an activating group) is 1. The number of carbonyl (C=O) groups is 3. The minimum Gasteiger partial charge on any atom is -0.395 e. The molecule has 1 fully saturated rings. The number of imide groups is 1. The molecule has 0 bridgehead atoms. The van der Waals surface area contributed by atoms with E-state index in [1.54, 1.807) is 12.1 Å². The fourth-order valence-electron chi connectivity index (χ4n) is 1.83. The third-order valence-electron chi connectivity index (χ3n) is 2.97. The van der Waals surface area contributed by atoms with Crippen molar-refractivity contribution in [2.45, 2.75) is 18.9 Å². The highest BCUT2D eigenvalue weighted by Gasteiger charge is 2.37. The second kappa shape index (κ2) is 6.52. The van der Waals surface area contributed by atoms with Crippen LogP contribution in [0.5, 0.6) is 0 Å². The molecule has 7 heteroatoms. The maximum atomic E-state index is 12.0. The van der Waals surface area contributed by atoms with E-state index in [0.29, 0.717) is 16.2 Å². The van der Waals surface area contributed by atoms with E-state index in [-0.39, 0.29) is 18.9 Å². The van der Waals surface area contributed by atoms with Crippen LogP contribution in [0, 0.1) is 11.8 Å². The highest BCUT2D eigenvalue weighted by Crippen LogP contribution is 2.17. The number of amides is 3. The van der Waals surface area contributed by atoms with Crippen LogP contribution < -0.4 is 5.32 Å². The molecule has 1 aromatic rings. The van der Waals surface area contributed by atoms with E-state index >= 15 is 0 Å². The molecule has 21 heavy (non-hydrogen) atoms. The average Bonchev–Trinajstić information content (AvgIpc) is 3.01. The Hall–Kier alpha value is -2.17. The Morgan fingerprint density at radius 1 is 1.52 bits per heavy atom. The Labute approximate surface area is 125 Å². The summed E-state index contributed by atoms with van der Waals surface area (Å²) in [6.07, 6.45) is 0.375. The summed E-state index contributed by atoms with van der Waals surface area (Å²) in [7, 11) is 1.40. The lowest BCUT2D eigenvalue weighted by atomic mass is 10.2. The van der Waals surface area contributed by atoms with E-state index in [1.807, 2.05) is 0 Å². The lowest BCUT2D eigenvalue weighted by Gasteiger charge is -2.09. The molecular weight excluding hydrogens is 292 g/mol. The minimum absolute atomic E-state index is 0.00292. The van der Waals surface area contributed by atoms with Gasteiger partial charge in [0.2, 0.25) is 5.91 Å². The Balaban J connectivity index is 2.00. The molecule has 0 saturated carbocycles. The number of rotatable bonds is 3. The van der Waals surface area contributed by atoms with E-state index in [1.165, 1.54) is 18.4 Å². The predicted octanol–water partition coefficient (Wildman–Crippen LogP) is -0.0309. The molecular formula is C14H14N2O4S. The molecule has 2 rings (SSSR count). The van der Waals surface area contributed by atoms with Crippen LogP contribution in [0.4, 0.5) is 0 Å². The van der Waals surface area contributed by atoms with Gasteiger partial charge < -0.3 is 10.4 Å². The lowest BCUT2D eigenvalue weighted by Crippen LogP contribution is -2.40. The van der Waals surface area contributed by atoms with Crippen molar-refractivity contribution in [2.75, 3.05) is 13.7 Å². The van der Waals surface area contributed by atoms with Crippen molar-refractivity contribution in [3.8, 4) is 11.8 Å². The number of nitrogens with zero attached hydrogens (tertiary/aromatic N) is 1. The van der Waals surface area contributed by atoms with Gasteiger partial charge in [-0.05, 0) is 12.1 Å². The van der Waals surface area contributed by atoms with Gasteiger partial charge in [0.05, 0.1) is 22.8 Å².